The number of primary amides is 1. The number of Topliss-reactive ketones (excluding diaryl/α,β-unsaturated/α-hetero) is 2. The Morgan fingerprint density at radius 2 is 1.77 bits per heavy atom. The van der Waals surface area contributed by atoms with Gasteiger partial charge in [-0.2, -0.15) is 0 Å². The number of phenols is 1. The van der Waals surface area contributed by atoms with Gasteiger partial charge in [0.25, 0.3) is 11.8 Å². The summed E-state index contributed by atoms with van der Waals surface area (Å²) in [6, 6.07) is 10.1. The van der Waals surface area contributed by atoms with E-state index in [-0.39, 0.29) is 35.5 Å². The predicted molar refractivity (Wildman–Crippen MR) is 154 cm³/mol. The summed E-state index contributed by atoms with van der Waals surface area (Å²) >= 11 is 0. The van der Waals surface area contributed by atoms with Crippen molar-refractivity contribution in [1.29, 1.82) is 0 Å². The Morgan fingerprint density at radius 3 is 2.39 bits per heavy atom. The number of carbonyl (C=O) groups excluding carboxylic acids is 4. The summed E-state index contributed by atoms with van der Waals surface area (Å²) in [4.78, 5) is 53.3. The summed E-state index contributed by atoms with van der Waals surface area (Å²) < 4.78 is 4.87. The number of hydrogen-bond donors (Lipinski definition) is 6. The second kappa shape index (κ2) is 10.2. The first-order valence-corrected chi connectivity index (χ1v) is 13.7. The van der Waals surface area contributed by atoms with Gasteiger partial charge in [-0.3, -0.25) is 24.1 Å². The number of aliphatic hydroxyl groups excluding tert-OH is 2. The molecule has 13 nitrogen and oxygen atoms in total. The fourth-order valence-corrected chi connectivity index (χ4v) is 6.78. The molecule has 0 aliphatic heterocycles. The third kappa shape index (κ3) is 4.12. The predicted octanol–water partition coefficient (Wildman–Crippen LogP) is 2.03. The maximum Gasteiger partial charge on any atom is 0.294 e. The van der Waals surface area contributed by atoms with Gasteiger partial charge in [0.05, 0.1) is 17.8 Å². The van der Waals surface area contributed by atoms with Crippen molar-refractivity contribution in [2.24, 2.45) is 17.6 Å². The molecule has 4 unspecified atom stereocenters. The number of benzene rings is 2. The minimum atomic E-state index is -2.70. The number of likely N-dealkylation sites (N-methyl/N-ethyl adjacent to an activating group) is 1. The van der Waals surface area contributed by atoms with Crippen LogP contribution in [0.15, 0.2) is 75.8 Å². The van der Waals surface area contributed by atoms with E-state index in [9.17, 15) is 39.6 Å². The van der Waals surface area contributed by atoms with Crippen LogP contribution in [0.3, 0.4) is 0 Å². The fraction of sp³-hybridized carbons (Fsp3) is 0.258. The van der Waals surface area contributed by atoms with Crippen LogP contribution >= 0.6 is 0 Å². The van der Waals surface area contributed by atoms with Crippen molar-refractivity contribution < 1.29 is 44.1 Å². The Balaban J connectivity index is 1.41. The minimum Gasteiger partial charge on any atom is -0.510 e. The molecule has 1 aromatic heterocycles. The van der Waals surface area contributed by atoms with E-state index in [0.717, 1.165) is 0 Å². The molecule has 4 atom stereocenters. The number of anilines is 1. The molecular formula is C31H28N4O9. The van der Waals surface area contributed by atoms with Crippen molar-refractivity contribution >= 4 is 29.1 Å². The van der Waals surface area contributed by atoms with Crippen LogP contribution in [0.5, 0.6) is 5.75 Å². The number of nitrogens with zero attached hydrogens (tertiary/aromatic N) is 2. The van der Waals surface area contributed by atoms with Crippen LogP contribution in [0.1, 0.15) is 32.9 Å². The quantitative estimate of drug-likeness (QED) is 0.233. The number of nitrogens with one attached hydrogen (secondary N) is 1. The van der Waals surface area contributed by atoms with Crippen LogP contribution in [0.2, 0.25) is 0 Å². The highest BCUT2D eigenvalue weighted by Crippen LogP contribution is 2.53. The number of hydrogen-bond acceptors (Lipinski definition) is 11. The van der Waals surface area contributed by atoms with Crippen molar-refractivity contribution in [1.82, 2.24) is 10.1 Å². The number of carbonyl (C=O) groups is 4. The Morgan fingerprint density at radius 1 is 1.07 bits per heavy atom. The third-order valence-electron chi connectivity index (χ3n) is 8.72. The van der Waals surface area contributed by atoms with Gasteiger partial charge in [-0.15, -0.1) is 0 Å². The summed E-state index contributed by atoms with van der Waals surface area (Å²) in [7, 11) is 3.14. The molecule has 3 aliphatic rings. The van der Waals surface area contributed by atoms with Crippen molar-refractivity contribution in [3.05, 3.63) is 88.2 Å². The van der Waals surface area contributed by atoms with Crippen LogP contribution in [0.4, 0.5) is 5.69 Å². The first-order valence-electron chi connectivity index (χ1n) is 13.7. The Kier molecular flexibility index (Phi) is 6.67. The molecule has 44 heavy (non-hydrogen) atoms. The molecule has 0 saturated heterocycles. The molecule has 0 fully saturated rings. The van der Waals surface area contributed by atoms with Gasteiger partial charge >= 0.3 is 0 Å². The van der Waals surface area contributed by atoms with E-state index in [0.29, 0.717) is 22.4 Å². The smallest absolute Gasteiger partial charge is 0.294 e. The number of ketones is 2. The second-order valence-corrected chi connectivity index (χ2v) is 11.4. The number of aromatic nitrogens is 1. The van der Waals surface area contributed by atoms with Crippen molar-refractivity contribution in [2.75, 3.05) is 19.4 Å². The van der Waals surface area contributed by atoms with Gasteiger partial charge in [0.2, 0.25) is 11.5 Å². The maximum atomic E-state index is 13.9. The van der Waals surface area contributed by atoms with Gasteiger partial charge in [-0.1, -0.05) is 23.4 Å². The molecule has 2 aromatic carbocycles. The zero-order valence-electron chi connectivity index (χ0n) is 23.6. The van der Waals surface area contributed by atoms with Crippen LogP contribution in [0, 0.1) is 11.8 Å². The number of nitrogens with two attached hydrogens (primary N) is 1. The third-order valence-corrected chi connectivity index (χ3v) is 8.72. The molecule has 6 rings (SSSR count). The highest BCUT2D eigenvalue weighted by Gasteiger charge is 2.63. The Labute approximate surface area is 249 Å². The zero-order valence-corrected chi connectivity index (χ0v) is 23.6. The van der Waals surface area contributed by atoms with Gasteiger partial charge < -0.3 is 36.0 Å². The summed E-state index contributed by atoms with van der Waals surface area (Å²) in [5, 5.41) is 51.1. The van der Waals surface area contributed by atoms with Crippen LogP contribution < -0.4 is 11.1 Å². The lowest BCUT2D eigenvalue weighted by atomic mass is 9.58. The minimum absolute atomic E-state index is 0.0204. The first-order chi connectivity index (χ1) is 20.9. The lowest BCUT2D eigenvalue weighted by molar-refractivity contribution is -0.148. The summed E-state index contributed by atoms with van der Waals surface area (Å²) in [6.45, 7) is 0. The highest BCUT2D eigenvalue weighted by atomic mass is 16.5. The average molecular weight is 601 g/mol. The number of rotatable bonds is 5. The number of amides is 2. The second-order valence-electron chi connectivity index (χ2n) is 11.4. The van der Waals surface area contributed by atoms with Gasteiger partial charge in [-0.25, -0.2) is 0 Å². The molecular weight excluding hydrogens is 572 g/mol. The average Bonchev–Trinajstić information content (AvgIpc) is 3.51. The van der Waals surface area contributed by atoms with E-state index in [1.807, 2.05) is 0 Å². The van der Waals surface area contributed by atoms with Crippen LogP contribution in [-0.4, -0.2) is 79.6 Å². The summed E-state index contributed by atoms with van der Waals surface area (Å²) in [5.41, 5.74) is 3.73. The summed E-state index contributed by atoms with van der Waals surface area (Å²) in [5.74, 6) is -7.53. The Bertz CT molecular complexity index is 1810. The molecule has 7 N–H and O–H groups in total. The normalized spacial score (nSPS) is 24.6. The molecule has 3 aromatic rings. The molecule has 226 valence electrons. The zero-order chi connectivity index (χ0) is 31.7. The largest absolute Gasteiger partial charge is 0.510 e. The van der Waals surface area contributed by atoms with E-state index < -0.39 is 64.0 Å². The van der Waals surface area contributed by atoms with E-state index in [2.05, 4.69) is 10.5 Å². The molecule has 0 bridgehead atoms. The summed E-state index contributed by atoms with van der Waals surface area (Å²) in [6.07, 6.45) is 1.47. The van der Waals surface area contributed by atoms with E-state index in [4.69, 9.17) is 10.3 Å². The van der Waals surface area contributed by atoms with E-state index in [1.165, 1.54) is 23.2 Å². The van der Waals surface area contributed by atoms with Crippen LogP contribution in [-0.2, 0) is 16.0 Å². The number of fused-ring (bicyclic) bond motifs is 3. The Hall–Kier alpha value is -5.27. The highest BCUT2D eigenvalue weighted by molar-refractivity contribution is 6.25. The SMILES string of the molecule is CN(C)C1C(O)=C(C(N)=O)C(=O)C2(O)C(O)=C3C(=O)c4c(O)ccc(-c5ccc(NC(=O)c6ccno6)cc5)c4CC3CC12. The number of aliphatic hydroxyl groups is 3. The first kappa shape index (κ1) is 28.8. The van der Waals surface area contributed by atoms with Crippen molar-refractivity contribution in [3.63, 3.8) is 0 Å². The maximum absolute atomic E-state index is 13.9. The van der Waals surface area contributed by atoms with Gasteiger partial charge in [0, 0.05) is 23.2 Å². The number of phenolic OH excluding ortho intramolecular Hbond substituents is 1. The molecule has 2 amide bonds. The van der Waals surface area contributed by atoms with Gasteiger partial charge in [0.15, 0.2) is 11.4 Å². The van der Waals surface area contributed by atoms with E-state index >= 15 is 0 Å². The van der Waals surface area contributed by atoms with Gasteiger partial charge in [0.1, 0.15) is 22.8 Å². The molecule has 3 aliphatic carbocycles. The lowest BCUT2D eigenvalue weighted by Gasteiger charge is -2.50. The molecule has 13 heteroatoms. The topological polar surface area (TPSA) is 217 Å². The van der Waals surface area contributed by atoms with Crippen molar-refractivity contribution in [3.8, 4) is 16.9 Å². The fourth-order valence-electron chi connectivity index (χ4n) is 6.78. The molecule has 1 heterocycles. The number of aromatic hydroxyl groups is 1. The standard InChI is InChI=1S/C31H28N4O9/c1-35(2)24-18-12-14-11-17-16(13-3-5-15(6-4-13)34-30(42)20-9-10-33-44-20)7-8-19(36)22(17)25(37)21(14)27(39)31(18,43)28(40)23(26(24)38)29(32)41/h3-10,14,18,24,36,38-39,43H,11-12H2,1-2H3,(H2,32,41)(H,34,42). The van der Waals surface area contributed by atoms with E-state index in [1.54, 1.807) is 44.4 Å². The van der Waals surface area contributed by atoms with Crippen LogP contribution in [0.25, 0.3) is 11.1 Å². The monoisotopic (exact) mass is 600 g/mol. The molecule has 0 saturated carbocycles. The van der Waals surface area contributed by atoms with Crippen molar-refractivity contribution in [2.45, 2.75) is 24.5 Å². The molecule has 0 radical (unpaired) electrons. The molecule has 0 spiro atoms. The lowest BCUT2D eigenvalue weighted by Crippen LogP contribution is -2.63. The van der Waals surface area contributed by atoms with Gasteiger partial charge in [-0.05, 0) is 67.7 Å². The number of allylic oxidation sites excluding steroid dienone is 1.